The molecule has 0 bridgehead atoms. The van der Waals surface area contributed by atoms with Crippen LogP contribution in [0.2, 0.25) is 0 Å². The third-order valence-electron chi connectivity index (χ3n) is 3.65. The van der Waals surface area contributed by atoms with Crippen LogP contribution in [0.25, 0.3) is 0 Å². The van der Waals surface area contributed by atoms with Crippen LogP contribution in [0, 0.1) is 5.92 Å². The van der Waals surface area contributed by atoms with Gasteiger partial charge in [0.1, 0.15) is 0 Å². The Labute approximate surface area is 160 Å². The fourth-order valence-electron chi connectivity index (χ4n) is 2.16. The van der Waals surface area contributed by atoms with E-state index < -0.39 is 6.04 Å². The maximum atomic E-state index is 12.0. The van der Waals surface area contributed by atoms with E-state index in [2.05, 4.69) is 16.0 Å². The Hall–Kier alpha value is -2.57. The molecule has 7 heteroatoms. The second-order valence-electron chi connectivity index (χ2n) is 6.11. The maximum Gasteiger partial charge on any atom is 0.243 e. The first-order chi connectivity index (χ1) is 12.0. The summed E-state index contributed by atoms with van der Waals surface area (Å²) in [5.41, 5.74) is 8.20. The lowest BCUT2D eigenvalue weighted by atomic mass is 10.1. The Kier molecular flexibility index (Phi) is 8.61. The number of nitrogens with two attached hydrogens (primary N) is 1. The summed E-state index contributed by atoms with van der Waals surface area (Å²) >= 11 is 0. The van der Waals surface area contributed by atoms with Gasteiger partial charge in [-0.3, -0.25) is 9.59 Å². The average Bonchev–Trinajstić information content (AvgIpc) is 2.60. The molecule has 2 aromatic carbocycles. The molecule has 0 aliphatic heterocycles. The van der Waals surface area contributed by atoms with Crippen LogP contribution in [-0.2, 0) is 9.59 Å². The van der Waals surface area contributed by atoms with Crippen LogP contribution < -0.4 is 21.7 Å². The molecular weight excluding hydrogens is 352 g/mol. The number of benzene rings is 2. The Morgan fingerprint density at radius 1 is 0.962 bits per heavy atom. The number of anilines is 3. The van der Waals surface area contributed by atoms with Gasteiger partial charge in [0.05, 0.1) is 12.6 Å². The number of para-hydroxylation sites is 1. The number of amides is 2. The average molecular weight is 377 g/mol. The van der Waals surface area contributed by atoms with Crippen molar-refractivity contribution in [3.8, 4) is 0 Å². The highest BCUT2D eigenvalue weighted by molar-refractivity contribution is 5.95. The highest BCUT2D eigenvalue weighted by atomic mass is 35.5. The number of carbonyl (C=O) groups excluding carboxylic acids is 2. The van der Waals surface area contributed by atoms with E-state index >= 15 is 0 Å². The number of carbonyl (C=O) groups is 2. The molecule has 0 aliphatic rings. The van der Waals surface area contributed by atoms with Crippen molar-refractivity contribution in [1.29, 1.82) is 0 Å². The molecule has 5 N–H and O–H groups in total. The van der Waals surface area contributed by atoms with E-state index in [-0.39, 0.29) is 36.7 Å². The smallest absolute Gasteiger partial charge is 0.243 e. The molecule has 2 rings (SSSR count). The molecule has 0 radical (unpaired) electrons. The molecule has 0 fully saturated rings. The zero-order valence-corrected chi connectivity index (χ0v) is 15.7. The molecular formula is C19H25ClN4O2. The van der Waals surface area contributed by atoms with Gasteiger partial charge >= 0.3 is 0 Å². The molecule has 0 spiro atoms. The fraction of sp³-hybridized carbons (Fsp3) is 0.263. The molecule has 0 aromatic heterocycles. The predicted octanol–water partition coefficient (Wildman–Crippen LogP) is 2.89. The van der Waals surface area contributed by atoms with Crippen molar-refractivity contribution in [3.05, 3.63) is 54.6 Å². The highest BCUT2D eigenvalue weighted by Crippen LogP contribution is 2.19. The van der Waals surface area contributed by atoms with Gasteiger partial charge in [-0.1, -0.05) is 38.1 Å². The van der Waals surface area contributed by atoms with E-state index in [0.29, 0.717) is 5.69 Å². The number of hydrogen-bond acceptors (Lipinski definition) is 4. The van der Waals surface area contributed by atoms with Crippen LogP contribution in [0.1, 0.15) is 13.8 Å². The second-order valence-corrected chi connectivity index (χ2v) is 6.11. The standard InChI is InChI=1S/C19H24N4O2.ClH/c1-13(2)18(20)19(25)21-12-17(24)23-16-10-6-9-15(11-16)22-14-7-4-3-5-8-14;/h3-11,13,18,22H,12,20H2,1-2H3,(H,21,25)(H,23,24);1H/t18-;/m0./s1. The molecule has 2 amide bonds. The van der Waals surface area contributed by atoms with Crippen LogP contribution in [0.5, 0.6) is 0 Å². The van der Waals surface area contributed by atoms with Crippen molar-refractivity contribution in [3.63, 3.8) is 0 Å². The van der Waals surface area contributed by atoms with Crippen LogP contribution in [0.3, 0.4) is 0 Å². The Balaban J connectivity index is 0.00000338. The summed E-state index contributed by atoms with van der Waals surface area (Å²) in [5, 5.41) is 8.56. The molecule has 1 atom stereocenters. The van der Waals surface area contributed by atoms with Crippen molar-refractivity contribution in [1.82, 2.24) is 5.32 Å². The van der Waals surface area contributed by atoms with E-state index in [1.165, 1.54) is 0 Å². The Bertz CT molecular complexity index is 722. The third kappa shape index (κ3) is 6.74. The number of nitrogens with one attached hydrogen (secondary N) is 3. The largest absolute Gasteiger partial charge is 0.355 e. The Morgan fingerprint density at radius 2 is 1.58 bits per heavy atom. The van der Waals surface area contributed by atoms with Gasteiger partial charge < -0.3 is 21.7 Å². The monoisotopic (exact) mass is 376 g/mol. The minimum Gasteiger partial charge on any atom is -0.355 e. The SMILES string of the molecule is CC(C)[C@H](N)C(=O)NCC(=O)Nc1cccc(Nc2ccccc2)c1.Cl. The Morgan fingerprint density at radius 3 is 2.23 bits per heavy atom. The van der Waals surface area contributed by atoms with Crippen molar-refractivity contribution < 1.29 is 9.59 Å². The molecule has 0 heterocycles. The van der Waals surface area contributed by atoms with Crippen molar-refractivity contribution >= 4 is 41.3 Å². The summed E-state index contributed by atoms with van der Waals surface area (Å²) in [6.45, 7) is 3.60. The fourth-order valence-corrected chi connectivity index (χ4v) is 2.16. The first-order valence-corrected chi connectivity index (χ1v) is 8.21. The molecule has 0 saturated heterocycles. The van der Waals surface area contributed by atoms with E-state index in [9.17, 15) is 9.59 Å². The summed E-state index contributed by atoms with van der Waals surface area (Å²) in [7, 11) is 0. The van der Waals surface area contributed by atoms with Crippen molar-refractivity contribution in [2.45, 2.75) is 19.9 Å². The van der Waals surface area contributed by atoms with E-state index in [1.807, 2.05) is 62.4 Å². The van der Waals surface area contributed by atoms with Gasteiger partial charge in [-0.2, -0.15) is 0 Å². The summed E-state index contributed by atoms with van der Waals surface area (Å²) in [5.74, 6) is -0.616. The topological polar surface area (TPSA) is 96.2 Å². The van der Waals surface area contributed by atoms with E-state index in [4.69, 9.17) is 5.73 Å². The quantitative estimate of drug-likeness (QED) is 0.597. The zero-order chi connectivity index (χ0) is 18.2. The van der Waals surface area contributed by atoms with Gasteiger partial charge in [-0.05, 0) is 36.2 Å². The first kappa shape index (κ1) is 21.5. The number of hydrogen-bond donors (Lipinski definition) is 4. The lowest BCUT2D eigenvalue weighted by molar-refractivity contribution is -0.125. The maximum absolute atomic E-state index is 12.0. The number of rotatable bonds is 7. The molecule has 140 valence electrons. The van der Waals surface area contributed by atoms with Gasteiger partial charge in [0.15, 0.2) is 0 Å². The van der Waals surface area contributed by atoms with Crippen LogP contribution in [0.15, 0.2) is 54.6 Å². The molecule has 0 unspecified atom stereocenters. The zero-order valence-electron chi connectivity index (χ0n) is 14.9. The van der Waals surface area contributed by atoms with E-state index in [1.54, 1.807) is 6.07 Å². The normalized spacial score (nSPS) is 11.2. The summed E-state index contributed by atoms with van der Waals surface area (Å²) in [6.07, 6.45) is 0. The van der Waals surface area contributed by atoms with E-state index in [0.717, 1.165) is 11.4 Å². The molecule has 26 heavy (non-hydrogen) atoms. The van der Waals surface area contributed by atoms with Gasteiger partial charge in [0.2, 0.25) is 11.8 Å². The minimum atomic E-state index is -0.619. The molecule has 6 nitrogen and oxygen atoms in total. The van der Waals surface area contributed by atoms with Gasteiger partial charge in [0, 0.05) is 17.1 Å². The summed E-state index contributed by atoms with van der Waals surface area (Å²) < 4.78 is 0. The minimum absolute atomic E-state index is 0. The van der Waals surface area contributed by atoms with Crippen LogP contribution in [-0.4, -0.2) is 24.4 Å². The highest BCUT2D eigenvalue weighted by Gasteiger charge is 2.17. The van der Waals surface area contributed by atoms with Crippen LogP contribution >= 0.6 is 12.4 Å². The molecule has 0 saturated carbocycles. The first-order valence-electron chi connectivity index (χ1n) is 8.21. The van der Waals surface area contributed by atoms with Gasteiger partial charge in [0.25, 0.3) is 0 Å². The predicted molar refractivity (Wildman–Crippen MR) is 108 cm³/mol. The molecule has 2 aromatic rings. The van der Waals surface area contributed by atoms with Crippen LogP contribution in [0.4, 0.5) is 17.1 Å². The summed E-state index contributed by atoms with van der Waals surface area (Å²) in [6, 6.07) is 16.5. The lowest BCUT2D eigenvalue weighted by Gasteiger charge is -2.15. The second kappa shape index (κ2) is 10.4. The van der Waals surface area contributed by atoms with Gasteiger partial charge in [-0.25, -0.2) is 0 Å². The van der Waals surface area contributed by atoms with Crippen molar-refractivity contribution in [2.24, 2.45) is 11.7 Å². The number of halogens is 1. The van der Waals surface area contributed by atoms with Crippen molar-refractivity contribution in [2.75, 3.05) is 17.2 Å². The molecule has 0 aliphatic carbocycles. The van der Waals surface area contributed by atoms with Gasteiger partial charge in [-0.15, -0.1) is 12.4 Å². The lowest BCUT2D eigenvalue weighted by Crippen LogP contribution is -2.46. The third-order valence-corrected chi connectivity index (χ3v) is 3.65. The summed E-state index contributed by atoms with van der Waals surface area (Å²) in [4.78, 5) is 23.8.